The Kier molecular flexibility index (Phi) is 2.36. The van der Waals surface area contributed by atoms with Crippen molar-refractivity contribution in [1.82, 2.24) is 3.97 Å². The largest absolute Gasteiger partial charge is 0.245 e. The smallest absolute Gasteiger partial charge is 0.242 e. The number of aromatic nitrogens is 1. The Morgan fingerprint density at radius 2 is 2.00 bits per heavy atom. The highest BCUT2D eigenvalue weighted by Crippen LogP contribution is 2.17. The summed E-state index contributed by atoms with van der Waals surface area (Å²) in [6, 6.07) is 9.16. The first-order chi connectivity index (χ1) is 7.15. The Balaban J connectivity index is 2.67. The molecule has 0 spiro atoms. The second kappa shape index (κ2) is 3.55. The molecule has 3 nitrogen and oxygen atoms in total. The highest BCUT2D eigenvalue weighted by molar-refractivity contribution is 7.90. The lowest BCUT2D eigenvalue weighted by Gasteiger charge is -2.04. The van der Waals surface area contributed by atoms with E-state index in [1.54, 1.807) is 18.3 Å². The van der Waals surface area contributed by atoms with Crippen LogP contribution in [-0.4, -0.2) is 18.1 Å². The fraction of sp³-hybridized carbons (Fsp3) is 0.0909. The van der Waals surface area contributed by atoms with E-state index in [0.29, 0.717) is 5.52 Å². The van der Waals surface area contributed by atoms with Crippen molar-refractivity contribution < 1.29 is 8.42 Å². The Hall–Kier alpha value is -1.55. The maximum absolute atomic E-state index is 11.8. The lowest BCUT2D eigenvalue weighted by molar-refractivity contribution is 0.592. The van der Waals surface area contributed by atoms with Crippen molar-refractivity contribution in [2.75, 3.05) is 5.75 Å². The van der Waals surface area contributed by atoms with Crippen molar-refractivity contribution in [1.29, 1.82) is 0 Å². The Labute approximate surface area is 88.7 Å². The molecule has 1 aromatic carbocycles. The third-order valence-electron chi connectivity index (χ3n) is 2.19. The number of hydrogen-bond donors (Lipinski definition) is 0. The van der Waals surface area contributed by atoms with E-state index in [1.807, 2.05) is 18.2 Å². The van der Waals surface area contributed by atoms with Crippen molar-refractivity contribution in [2.24, 2.45) is 0 Å². The molecule has 0 saturated heterocycles. The first-order valence-corrected chi connectivity index (χ1v) is 6.16. The van der Waals surface area contributed by atoms with Crippen LogP contribution in [-0.2, 0) is 10.0 Å². The Morgan fingerprint density at radius 3 is 2.73 bits per heavy atom. The molecule has 0 bridgehead atoms. The van der Waals surface area contributed by atoms with E-state index in [0.717, 1.165) is 5.39 Å². The lowest BCUT2D eigenvalue weighted by Crippen LogP contribution is -2.13. The molecule has 0 aliphatic heterocycles. The molecule has 4 heteroatoms. The SMILES string of the molecule is C=CCS(=O)(=O)n1ccc2ccccc21. The molecule has 0 saturated carbocycles. The summed E-state index contributed by atoms with van der Waals surface area (Å²) in [6.45, 7) is 3.44. The quantitative estimate of drug-likeness (QED) is 0.744. The fourth-order valence-electron chi connectivity index (χ4n) is 1.53. The summed E-state index contributed by atoms with van der Waals surface area (Å²) in [7, 11) is -3.29. The minimum atomic E-state index is -3.29. The van der Waals surface area contributed by atoms with Crippen LogP contribution in [0.3, 0.4) is 0 Å². The molecule has 0 fully saturated rings. The van der Waals surface area contributed by atoms with E-state index < -0.39 is 10.0 Å². The molecule has 0 unspecified atom stereocenters. The molecule has 0 N–H and O–H groups in total. The van der Waals surface area contributed by atoms with Gasteiger partial charge in [-0.3, -0.25) is 0 Å². The van der Waals surface area contributed by atoms with E-state index >= 15 is 0 Å². The molecule has 0 radical (unpaired) electrons. The van der Waals surface area contributed by atoms with Gasteiger partial charge in [0.1, 0.15) is 0 Å². The lowest BCUT2D eigenvalue weighted by atomic mass is 10.3. The third-order valence-corrected chi connectivity index (χ3v) is 3.77. The van der Waals surface area contributed by atoms with Crippen LogP contribution in [0.4, 0.5) is 0 Å². The minimum absolute atomic E-state index is 0.0499. The van der Waals surface area contributed by atoms with Gasteiger partial charge in [-0.05, 0) is 12.1 Å². The van der Waals surface area contributed by atoms with Crippen molar-refractivity contribution in [2.45, 2.75) is 0 Å². The average molecular weight is 221 g/mol. The number of nitrogens with zero attached hydrogens (tertiary/aromatic N) is 1. The van der Waals surface area contributed by atoms with Crippen LogP contribution in [0.25, 0.3) is 10.9 Å². The van der Waals surface area contributed by atoms with Gasteiger partial charge in [0.15, 0.2) is 0 Å². The third kappa shape index (κ3) is 1.68. The predicted molar refractivity (Wildman–Crippen MR) is 61.3 cm³/mol. The monoisotopic (exact) mass is 221 g/mol. The molecule has 0 aliphatic rings. The van der Waals surface area contributed by atoms with Crippen molar-refractivity contribution in [3.8, 4) is 0 Å². The van der Waals surface area contributed by atoms with Gasteiger partial charge in [-0.2, -0.15) is 0 Å². The van der Waals surface area contributed by atoms with Crippen LogP contribution in [0.5, 0.6) is 0 Å². The zero-order valence-corrected chi connectivity index (χ0v) is 8.94. The van der Waals surface area contributed by atoms with Crippen LogP contribution < -0.4 is 0 Å². The molecule has 2 aromatic rings. The molecular formula is C11H11NO2S. The van der Waals surface area contributed by atoms with Gasteiger partial charge in [0.05, 0.1) is 11.3 Å². The van der Waals surface area contributed by atoms with E-state index in [-0.39, 0.29) is 5.75 Å². The van der Waals surface area contributed by atoms with Crippen LogP contribution in [0.15, 0.2) is 49.2 Å². The number of rotatable bonds is 3. The summed E-state index contributed by atoms with van der Waals surface area (Å²) in [5, 5.41) is 0.921. The zero-order valence-electron chi connectivity index (χ0n) is 8.13. The summed E-state index contributed by atoms with van der Waals surface area (Å²) in [4.78, 5) is 0. The number of para-hydroxylation sites is 1. The Morgan fingerprint density at radius 1 is 1.27 bits per heavy atom. The van der Waals surface area contributed by atoms with Gasteiger partial charge in [-0.15, -0.1) is 6.58 Å². The maximum Gasteiger partial charge on any atom is 0.242 e. The number of benzene rings is 1. The average Bonchev–Trinajstić information content (AvgIpc) is 2.61. The summed E-state index contributed by atoms with van der Waals surface area (Å²) in [5.74, 6) is -0.0499. The highest BCUT2D eigenvalue weighted by Gasteiger charge is 2.12. The van der Waals surface area contributed by atoms with Crippen molar-refractivity contribution in [3.63, 3.8) is 0 Å². The maximum atomic E-state index is 11.8. The topological polar surface area (TPSA) is 39.1 Å². The Bertz CT molecular complexity index is 596. The van der Waals surface area contributed by atoms with Gasteiger partial charge in [0.25, 0.3) is 0 Å². The van der Waals surface area contributed by atoms with E-state index in [1.165, 1.54) is 10.0 Å². The van der Waals surface area contributed by atoms with Gasteiger partial charge in [0.2, 0.25) is 10.0 Å². The zero-order chi connectivity index (χ0) is 10.9. The molecule has 0 amide bonds. The first-order valence-electron chi connectivity index (χ1n) is 4.55. The van der Waals surface area contributed by atoms with E-state index in [9.17, 15) is 8.42 Å². The van der Waals surface area contributed by atoms with Gasteiger partial charge >= 0.3 is 0 Å². The number of hydrogen-bond acceptors (Lipinski definition) is 2. The molecule has 78 valence electrons. The second-order valence-electron chi connectivity index (χ2n) is 3.24. The molecule has 1 aromatic heterocycles. The highest BCUT2D eigenvalue weighted by atomic mass is 32.2. The molecule has 2 rings (SSSR count). The van der Waals surface area contributed by atoms with E-state index in [4.69, 9.17) is 0 Å². The molecule has 0 aliphatic carbocycles. The molecule has 1 heterocycles. The summed E-state index contributed by atoms with van der Waals surface area (Å²) >= 11 is 0. The normalized spacial score (nSPS) is 11.7. The number of fused-ring (bicyclic) bond motifs is 1. The second-order valence-corrected chi connectivity index (χ2v) is 5.13. The first kappa shape index (κ1) is 9.98. The van der Waals surface area contributed by atoms with Crippen LogP contribution in [0.1, 0.15) is 0 Å². The fourth-order valence-corrected chi connectivity index (χ4v) is 2.70. The molecular weight excluding hydrogens is 210 g/mol. The molecule has 0 atom stereocenters. The van der Waals surface area contributed by atoms with Gasteiger partial charge in [0, 0.05) is 11.6 Å². The predicted octanol–water partition coefficient (Wildman–Crippen LogP) is 2.01. The van der Waals surface area contributed by atoms with Crippen LogP contribution in [0.2, 0.25) is 0 Å². The van der Waals surface area contributed by atoms with Gasteiger partial charge in [-0.25, -0.2) is 12.4 Å². The van der Waals surface area contributed by atoms with Crippen LogP contribution in [0, 0.1) is 0 Å². The van der Waals surface area contributed by atoms with Gasteiger partial charge < -0.3 is 0 Å². The van der Waals surface area contributed by atoms with Gasteiger partial charge in [-0.1, -0.05) is 24.3 Å². The van der Waals surface area contributed by atoms with Crippen LogP contribution >= 0.6 is 0 Å². The summed E-state index contributed by atoms with van der Waals surface area (Å²) in [5.41, 5.74) is 0.708. The van der Waals surface area contributed by atoms with Crippen molar-refractivity contribution >= 4 is 20.9 Å². The molecule has 15 heavy (non-hydrogen) atoms. The minimum Gasteiger partial charge on any atom is -0.245 e. The van der Waals surface area contributed by atoms with Crippen molar-refractivity contribution in [3.05, 3.63) is 49.2 Å². The standard InChI is InChI=1S/C11H11NO2S/c1-2-9-15(13,14)12-8-7-10-5-3-4-6-11(10)12/h2-8H,1,9H2. The summed E-state index contributed by atoms with van der Waals surface area (Å²) in [6.07, 6.45) is 2.97. The van der Waals surface area contributed by atoms with E-state index in [2.05, 4.69) is 6.58 Å². The summed E-state index contributed by atoms with van der Waals surface area (Å²) < 4.78 is 24.9.